The predicted octanol–water partition coefficient (Wildman–Crippen LogP) is 17.1. The van der Waals surface area contributed by atoms with Gasteiger partial charge in [0.15, 0.2) is 0 Å². The summed E-state index contributed by atoms with van der Waals surface area (Å²) in [6.45, 7) is 44.5. The van der Waals surface area contributed by atoms with Crippen LogP contribution in [0.4, 0.5) is 0 Å². The number of nitrogens with one attached hydrogen (secondary N) is 1. The zero-order valence-corrected chi connectivity index (χ0v) is 51.0. The van der Waals surface area contributed by atoms with Crippen LogP contribution in [0.15, 0.2) is 18.6 Å². The van der Waals surface area contributed by atoms with Crippen LogP contribution in [-0.2, 0) is 38.9 Å². The van der Waals surface area contributed by atoms with Crippen molar-refractivity contribution in [3.8, 4) is 11.8 Å². The fourth-order valence-electron chi connectivity index (χ4n) is 8.47. The van der Waals surface area contributed by atoms with E-state index in [2.05, 4.69) is 191 Å². The van der Waals surface area contributed by atoms with Crippen LogP contribution >= 0.6 is 0 Å². The number of aryl methyl sites for hydroxylation is 3. The van der Waals surface area contributed by atoms with Crippen molar-refractivity contribution in [3.05, 3.63) is 35.7 Å². The molecule has 0 amide bonds. The van der Waals surface area contributed by atoms with E-state index in [0.717, 1.165) is 68.9 Å². The highest BCUT2D eigenvalue weighted by Crippen LogP contribution is 2.24. The highest BCUT2D eigenvalue weighted by Gasteiger charge is 2.16. The zero-order valence-electron chi connectivity index (χ0n) is 51.0. The third-order valence-electron chi connectivity index (χ3n) is 12.1. The molecule has 0 aliphatic carbocycles. The van der Waals surface area contributed by atoms with Crippen LogP contribution in [0, 0.1) is 38.9 Å². The van der Waals surface area contributed by atoms with Gasteiger partial charge in [0.1, 0.15) is 0 Å². The summed E-state index contributed by atoms with van der Waals surface area (Å²) >= 11 is 0. The monoisotopic (exact) mass is 1000 g/mol. The predicted molar refractivity (Wildman–Crippen MR) is 310 cm³/mol. The van der Waals surface area contributed by atoms with Gasteiger partial charge in [-0.05, 0) is 128 Å². The van der Waals surface area contributed by atoms with Crippen molar-refractivity contribution in [1.29, 1.82) is 0 Å². The molecular weight excluding hydrogens is 885 g/mol. The largest absolute Gasteiger partial charge is 0.312 e. The van der Waals surface area contributed by atoms with Gasteiger partial charge in [0.25, 0.3) is 0 Å². The molecule has 0 bridgehead atoms. The van der Waals surface area contributed by atoms with Crippen LogP contribution in [0.5, 0.6) is 0 Å². The molecule has 3 rings (SSSR count). The summed E-state index contributed by atoms with van der Waals surface area (Å²) in [7, 11) is 0. The molecule has 0 fully saturated rings. The highest BCUT2D eigenvalue weighted by atomic mass is 15.4. The van der Waals surface area contributed by atoms with Crippen molar-refractivity contribution in [2.24, 2.45) is 27.1 Å². The first-order valence-corrected chi connectivity index (χ1v) is 29.4. The summed E-state index contributed by atoms with van der Waals surface area (Å²) in [5, 5.41) is 29.1. The number of unbranched alkanes of at least 4 members (excludes halogenated alkanes) is 19. The van der Waals surface area contributed by atoms with E-state index < -0.39 is 0 Å². The van der Waals surface area contributed by atoms with Gasteiger partial charge in [-0.2, -0.15) is 0 Å². The fraction of sp³-hybridized carbons (Fsp3) is 0.871. The lowest BCUT2D eigenvalue weighted by atomic mass is 9.89. The number of rotatable bonds is 31. The maximum Gasteiger partial charge on any atom is 0.0832 e. The summed E-state index contributed by atoms with van der Waals surface area (Å²) in [4.78, 5) is 0. The standard InChI is InChI=1S/C23H41N3.C22H43N3.C17H34N4/c1-22(2,3)17-15-13-11-9-7-8-10-12-14-16-18-26-20-21(24-25-26)19-23(4,5)6;1-21(2,3)16-14-12-10-8-7-9-11-13-15-17-25-19-20(23-24-25)18-22(4,5)6;1-16(2,3)13-15-14-21(20-19-15)12-10-8-7-9-11-18-17(4,5)6/h20H,7-14,16,18-19H2,1-6H3;19H,7-18H2,1-6H3;14,18H,7-13H2,1-6H3. The van der Waals surface area contributed by atoms with E-state index in [0.29, 0.717) is 5.41 Å². The van der Waals surface area contributed by atoms with Gasteiger partial charge in [-0.25, -0.2) is 0 Å². The van der Waals surface area contributed by atoms with Gasteiger partial charge in [0.2, 0.25) is 0 Å². The average Bonchev–Trinajstić information content (AvgIpc) is 3.99. The smallest absolute Gasteiger partial charge is 0.0832 e. The second-order valence-corrected chi connectivity index (χ2v) is 28.3. The molecule has 0 atom stereocenters. The van der Waals surface area contributed by atoms with E-state index in [9.17, 15) is 0 Å². The molecule has 416 valence electrons. The van der Waals surface area contributed by atoms with Crippen molar-refractivity contribution >= 4 is 0 Å². The van der Waals surface area contributed by atoms with Crippen LogP contribution in [0.2, 0.25) is 0 Å². The molecule has 3 heterocycles. The lowest BCUT2D eigenvalue weighted by Gasteiger charge is -2.20. The van der Waals surface area contributed by atoms with Crippen molar-refractivity contribution < 1.29 is 0 Å². The number of nitrogens with zero attached hydrogens (tertiary/aromatic N) is 9. The molecule has 3 aromatic heterocycles. The van der Waals surface area contributed by atoms with Gasteiger partial charge in [-0.3, -0.25) is 14.0 Å². The van der Waals surface area contributed by atoms with E-state index in [1.165, 1.54) is 141 Å². The SMILES string of the molecule is CC(C)(C)C#CCCCCCCCCCCn1cc(CC(C)(C)C)nn1.CC(C)(C)CCCCCCCCCCCn1cc(CC(C)(C)C)nn1.CC(C)(C)Cc1cn(CCCCCCNC(C)(C)C)nn1. The van der Waals surface area contributed by atoms with Crippen LogP contribution in [0.1, 0.15) is 289 Å². The first kappa shape index (κ1) is 67.0. The van der Waals surface area contributed by atoms with Gasteiger partial charge in [-0.1, -0.05) is 207 Å². The fourth-order valence-corrected chi connectivity index (χ4v) is 8.47. The van der Waals surface area contributed by atoms with Gasteiger partial charge in [0.05, 0.1) is 17.1 Å². The Kier molecular flexibility index (Phi) is 32.8. The molecule has 10 heteroatoms. The molecule has 0 aliphatic heterocycles. The molecule has 0 aromatic carbocycles. The minimum absolute atomic E-state index is 0.153. The molecule has 0 radical (unpaired) electrons. The molecule has 0 saturated carbocycles. The molecule has 72 heavy (non-hydrogen) atoms. The van der Waals surface area contributed by atoms with Crippen LogP contribution in [0.25, 0.3) is 0 Å². The second-order valence-electron chi connectivity index (χ2n) is 28.3. The van der Waals surface area contributed by atoms with E-state index in [1.807, 2.05) is 14.0 Å². The van der Waals surface area contributed by atoms with Gasteiger partial charge in [-0.15, -0.1) is 21.2 Å². The van der Waals surface area contributed by atoms with Gasteiger partial charge < -0.3 is 5.32 Å². The first-order chi connectivity index (χ1) is 33.5. The molecule has 10 nitrogen and oxygen atoms in total. The van der Waals surface area contributed by atoms with Gasteiger partial charge >= 0.3 is 0 Å². The van der Waals surface area contributed by atoms with Crippen molar-refractivity contribution in [2.45, 2.75) is 317 Å². The van der Waals surface area contributed by atoms with Crippen molar-refractivity contribution in [2.75, 3.05) is 6.54 Å². The lowest BCUT2D eigenvalue weighted by Crippen LogP contribution is -2.36. The Morgan fingerprint density at radius 3 is 0.986 bits per heavy atom. The van der Waals surface area contributed by atoms with Crippen molar-refractivity contribution in [3.63, 3.8) is 0 Å². The van der Waals surface area contributed by atoms with Crippen LogP contribution < -0.4 is 5.32 Å². The molecular formula is C62H118N10. The number of aromatic nitrogens is 9. The summed E-state index contributed by atoms with van der Waals surface area (Å²) in [6, 6.07) is 0. The molecule has 0 spiro atoms. The Labute approximate surface area is 446 Å². The lowest BCUT2D eigenvalue weighted by molar-refractivity contribution is 0.356. The molecule has 3 aromatic rings. The maximum atomic E-state index is 4.29. The number of hydrogen-bond acceptors (Lipinski definition) is 7. The molecule has 1 N–H and O–H groups in total. The molecule has 0 unspecified atom stereocenters. The van der Waals surface area contributed by atoms with E-state index in [1.54, 1.807) is 0 Å². The van der Waals surface area contributed by atoms with E-state index >= 15 is 0 Å². The van der Waals surface area contributed by atoms with Crippen LogP contribution in [-0.4, -0.2) is 57.1 Å². The topological polar surface area (TPSA) is 104 Å². The minimum Gasteiger partial charge on any atom is -0.312 e. The van der Waals surface area contributed by atoms with E-state index in [4.69, 9.17) is 0 Å². The molecule has 0 saturated heterocycles. The maximum absolute atomic E-state index is 4.29. The summed E-state index contributed by atoms with van der Waals surface area (Å²) < 4.78 is 6.03. The van der Waals surface area contributed by atoms with Gasteiger partial charge in [0, 0.05) is 55.6 Å². The Hall–Kier alpha value is -3.06. The Morgan fingerprint density at radius 2 is 0.681 bits per heavy atom. The number of hydrogen-bond donors (Lipinski definition) is 1. The normalized spacial score (nSPS) is 12.5. The average molecular weight is 1000 g/mol. The van der Waals surface area contributed by atoms with Crippen LogP contribution in [0.3, 0.4) is 0 Å². The Balaban J connectivity index is 0.000000543. The first-order valence-electron chi connectivity index (χ1n) is 29.4. The van der Waals surface area contributed by atoms with Crippen molar-refractivity contribution in [1.82, 2.24) is 50.3 Å². The summed E-state index contributed by atoms with van der Waals surface area (Å²) in [5.74, 6) is 6.62. The molecule has 0 aliphatic rings. The third-order valence-corrected chi connectivity index (χ3v) is 12.1. The zero-order chi connectivity index (χ0) is 54.2. The quantitative estimate of drug-likeness (QED) is 0.0506. The summed E-state index contributed by atoms with van der Waals surface area (Å²) in [6.07, 6.45) is 39.7. The highest BCUT2D eigenvalue weighted by molar-refractivity contribution is 5.07. The summed E-state index contributed by atoms with van der Waals surface area (Å²) in [5.41, 5.74) is 5.09. The third kappa shape index (κ3) is 44.4. The second kappa shape index (κ2) is 35.2. The van der Waals surface area contributed by atoms with E-state index in [-0.39, 0.29) is 27.2 Å². The Bertz CT molecular complexity index is 1810. The Morgan fingerprint density at radius 1 is 0.375 bits per heavy atom. The minimum atomic E-state index is 0.153.